The molecule has 0 heterocycles. The third kappa shape index (κ3) is 42.1. The molecule has 3 N–H and O–H groups in total. The smallest absolute Gasteiger partial charge is 0.387 e. The molecule has 1 amide bonds. The first-order valence-electron chi connectivity index (χ1n) is 23.2. The number of nitrogens with zero attached hydrogens (tertiary/aromatic N) is 1. The number of aliphatic hydroxyl groups excluding tert-OH is 1. The Bertz CT molecular complexity index is 1110. The first-order valence-corrected chi connectivity index (χ1v) is 24.7. The molecule has 0 aromatic carbocycles. The van der Waals surface area contributed by atoms with Crippen molar-refractivity contribution in [2.45, 2.75) is 199 Å². The Hall–Kier alpha value is -1.80. The Morgan fingerprint density at radius 2 is 1.07 bits per heavy atom. The highest BCUT2D eigenvalue weighted by Gasteiger charge is 2.27. The largest absolute Gasteiger partial charge is 0.472 e. The van der Waals surface area contributed by atoms with Gasteiger partial charge in [-0.2, -0.15) is 0 Å². The summed E-state index contributed by atoms with van der Waals surface area (Å²) < 4.78 is 23.5. The van der Waals surface area contributed by atoms with Gasteiger partial charge in [0.2, 0.25) is 5.91 Å². The predicted octanol–water partition coefficient (Wildman–Crippen LogP) is 13.0. The molecule has 0 aliphatic heterocycles. The number of unbranched alkanes of at least 4 members (excludes halogenated alkanes) is 20. The van der Waals surface area contributed by atoms with Crippen LogP contribution in [0.4, 0.5) is 0 Å². The van der Waals surface area contributed by atoms with Crippen LogP contribution < -0.4 is 5.32 Å². The van der Waals surface area contributed by atoms with E-state index >= 15 is 0 Å². The van der Waals surface area contributed by atoms with Crippen LogP contribution in [0, 0.1) is 0 Å². The van der Waals surface area contributed by atoms with Gasteiger partial charge in [-0.1, -0.05) is 177 Å². The number of phosphoric ester groups is 1. The molecule has 0 radical (unpaired) electrons. The van der Waals surface area contributed by atoms with Crippen LogP contribution in [0.1, 0.15) is 187 Å². The van der Waals surface area contributed by atoms with Crippen LogP contribution in [-0.2, 0) is 18.4 Å². The van der Waals surface area contributed by atoms with Crippen molar-refractivity contribution in [2.24, 2.45) is 0 Å². The number of quaternary nitrogens is 1. The van der Waals surface area contributed by atoms with E-state index in [0.717, 1.165) is 77.0 Å². The van der Waals surface area contributed by atoms with Gasteiger partial charge in [0, 0.05) is 6.42 Å². The summed E-state index contributed by atoms with van der Waals surface area (Å²) in [5, 5.41) is 13.8. The summed E-state index contributed by atoms with van der Waals surface area (Å²) in [5.74, 6) is -0.206. The Labute approximate surface area is 351 Å². The molecule has 9 heteroatoms. The molecule has 0 saturated carbocycles. The SMILES string of the molecule is CC/C=C\C/C=C\C/C=C\CCCCCCCC(=O)NC(COP(=O)(O)OCC[N+](C)(C)C)C(O)/C=C/CC/C=C/CCCCCCCCCCCCCCCC. The number of carbonyl (C=O) groups is 1. The van der Waals surface area contributed by atoms with Gasteiger partial charge in [0.25, 0.3) is 0 Å². The van der Waals surface area contributed by atoms with E-state index in [1.165, 1.54) is 89.9 Å². The van der Waals surface area contributed by atoms with Crippen LogP contribution in [0.3, 0.4) is 0 Å². The minimum absolute atomic E-state index is 0.0501. The molecule has 0 aliphatic rings. The Balaban J connectivity index is 4.47. The number of hydrogen-bond donors (Lipinski definition) is 3. The monoisotopic (exact) mass is 822 g/mol. The van der Waals surface area contributed by atoms with Crippen molar-refractivity contribution in [2.75, 3.05) is 40.9 Å². The van der Waals surface area contributed by atoms with Crippen LogP contribution in [0.15, 0.2) is 60.8 Å². The van der Waals surface area contributed by atoms with Crippen molar-refractivity contribution >= 4 is 13.7 Å². The summed E-state index contributed by atoms with van der Waals surface area (Å²) in [4.78, 5) is 23.1. The second kappa shape index (κ2) is 39.6. The lowest BCUT2D eigenvalue weighted by Crippen LogP contribution is -2.45. The van der Waals surface area contributed by atoms with Gasteiger partial charge in [-0.25, -0.2) is 4.57 Å². The van der Waals surface area contributed by atoms with E-state index in [-0.39, 0.29) is 19.1 Å². The number of phosphoric acid groups is 1. The van der Waals surface area contributed by atoms with Crippen LogP contribution in [0.25, 0.3) is 0 Å². The Kier molecular flexibility index (Phi) is 38.4. The van der Waals surface area contributed by atoms with Gasteiger partial charge in [-0.15, -0.1) is 0 Å². The maximum Gasteiger partial charge on any atom is 0.472 e. The average molecular weight is 822 g/mol. The summed E-state index contributed by atoms with van der Waals surface area (Å²) in [6.45, 7) is 4.66. The summed E-state index contributed by atoms with van der Waals surface area (Å²) >= 11 is 0. The number of allylic oxidation sites excluding steroid dienone is 9. The summed E-state index contributed by atoms with van der Waals surface area (Å²) in [7, 11) is 1.53. The molecule has 3 unspecified atom stereocenters. The third-order valence-corrected chi connectivity index (χ3v) is 11.0. The summed E-state index contributed by atoms with van der Waals surface area (Å²) in [6.07, 6.45) is 51.6. The molecule has 0 aromatic heterocycles. The van der Waals surface area contributed by atoms with Crippen LogP contribution >= 0.6 is 7.82 Å². The number of hydrogen-bond acceptors (Lipinski definition) is 5. The average Bonchev–Trinajstić information content (AvgIpc) is 3.16. The minimum Gasteiger partial charge on any atom is -0.387 e. The van der Waals surface area contributed by atoms with Crippen LogP contribution in [0.2, 0.25) is 0 Å². The van der Waals surface area contributed by atoms with Crippen LogP contribution in [0.5, 0.6) is 0 Å². The summed E-state index contributed by atoms with van der Waals surface area (Å²) in [6, 6.07) is -0.874. The van der Waals surface area contributed by atoms with E-state index in [1.54, 1.807) is 6.08 Å². The molecule has 0 rings (SSSR count). The number of likely N-dealkylation sites (N-methyl/N-ethyl adjacent to an activating group) is 1. The number of carbonyl (C=O) groups excluding carboxylic acids is 1. The zero-order chi connectivity index (χ0) is 42.1. The molecule has 57 heavy (non-hydrogen) atoms. The third-order valence-electron chi connectivity index (χ3n) is 9.97. The maximum absolute atomic E-state index is 12.9. The lowest BCUT2D eigenvalue weighted by molar-refractivity contribution is -0.870. The van der Waals surface area contributed by atoms with Crippen molar-refractivity contribution in [1.29, 1.82) is 0 Å². The zero-order valence-electron chi connectivity index (χ0n) is 37.6. The highest BCUT2D eigenvalue weighted by molar-refractivity contribution is 7.47. The summed E-state index contributed by atoms with van der Waals surface area (Å²) in [5.41, 5.74) is 0. The molecule has 0 aliphatic carbocycles. The van der Waals surface area contributed by atoms with Crippen molar-refractivity contribution in [3.63, 3.8) is 0 Å². The fourth-order valence-electron chi connectivity index (χ4n) is 6.31. The van der Waals surface area contributed by atoms with Crippen molar-refractivity contribution < 1.29 is 32.9 Å². The van der Waals surface area contributed by atoms with Crippen molar-refractivity contribution in [3.05, 3.63) is 60.8 Å². The Morgan fingerprint density at radius 1 is 0.614 bits per heavy atom. The quantitative estimate of drug-likeness (QED) is 0.0245. The topological polar surface area (TPSA) is 105 Å². The molecule has 8 nitrogen and oxygen atoms in total. The molecule has 0 aromatic rings. The molecule has 0 saturated heterocycles. The van der Waals surface area contributed by atoms with Crippen molar-refractivity contribution in [3.8, 4) is 0 Å². The lowest BCUT2D eigenvalue weighted by atomic mass is 10.0. The van der Waals surface area contributed by atoms with Gasteiger partial charge < -0.3 is 19.8 Å². The van der Waals surface area contributed by atoms with Gasteiger partial charge in [0.1, 0.15) is 13.2 Å². The molecule has 3 atom stereocenters. The van der Waals surface area contributed by atoms with E-state index in [1.807, 2.05) is 27.2 Å². The van der Waals surface area contributed by atoms with Gasteiger partial charge >= 0.3 is 7.82 Å². The van der Waals surface area contributed by atoms with E-state index in [2.05, 4.69) is 67.8 Å². The highest BCUT2D eigenvalue weighted by atomic mass is 31.2. The second-order valence-corrected chi connectivity index (χ2v) is 18.2. The lowest BCUT2D eigenvalue weighted by Gasteiger charge is -2.25. The standard InChI is InChI=1S/C48H89N2O6P/c1-6-8-10-12-14-16-18-20-22-23-24-25-26-28-29-31-33-35-37-39-41-47(51)46(45-56-57(53,54)55-44-43-50(3,4)5)49-48(52)42-40-38-36-34-32-30-27-21-19-17-15-13-11-9-7-2/h9,11,15,17,21,27,31,33,39,41,46-47,51H,6-8,10,12-14,16,18-20,22-26,28-30,32,34-38,40,42-45H2,1-5H3,(H-,49,52,53,54)/p+1/b11-9-,17-15-,27-21-,33-31+,41-39+. The Morgan fingerprint density at radius 3 is 1.61 bits per heavy atom. The first kappa shape index (κ1) is 55.2. The molecule has 0 bridgehead atoms. The number of nitrogens with one attached hydrogen (secondary N) is 1. The first-order chi connectivity index (χ1) is 27.5. The van der Waals surface area contributed by atoms with E-state index in [0.29, 0.717) is 17.4 Å². The van der Waals surface area contributed by atoms with E-state index in [4.69, 9.17) is 9.05 Å². The fourth-order valence-corrected chi connectivity index (χ4v) is 7.04. The minimum atomic E-state index is -4.35. The van der Waals surface area contributed by atoms with Crippen molar-refractivity contribution in [1.82, 2.24) is 5.32 Å². The number of aliphatic hydroxyl groups is 1. The molecule has 332 valence electrons. The van der Waals surface area contributed by atoms with Gasteiger partial charge in [-0.3, -0.25) is 13.8 Å². The van der Waals surface area contributed by atoms with E-state index in [9.17, 15) is 19.4 Å². The maximum atomic E-state index is 12.9. The normalized spacial score (nSPS) is 14.9. The van der Waals surface area contributed by atoms with Gasteiger partial charge in [0.15, 0.2) is 0 Å². The molecule has 0 spiro atoms. The van der Waals surface area contributed by atoms with Gasteiger partial charge in [-0.05, 0) is 64.2 Å². The zero-order valence-corrected chi connectivity index (χ0v) is 38.5. The molecule has 0 fully saturated rings. The van der Waals surface area contributed by atoms with Crippen LogP contribution in [-0.4, -0.2) is 73.4 Å². The van der Waals surface area contributed by atoms with Gasteiger partial charge in [0.05, 0.1) is 39.9 Å². The highest BCUT2D eigenvalue weighted by Crippen LogP contribution is 2.43. The molecular formula is C48H90N2O6P+. The number of amides is 1. The predicted molar refractivity (Wildman–Crippen MR) is 244 cm³/mol. The van der Waals surface area contributed by atoms with E-state index < -0.39 is 20.0 Å². The fraction of sp³-hybridized carbons (Fsp3) is 0.771. The second-order valence-electron chi connectivity index (χ2n) is 16.7. The number of rotatable bonds is 41. The molecular weight excluding hydrogens is 732 g/mol.